The van der Waals surface area contributed by atoms with Gasteiger partial charge in [0.2, 0.25) is 0 Å². The summed E-state index contributed by atoms with van der Waals surface area (Å²) in [6.07, 6.45) is 4.02. The Bertz CT molecular complexity index is 963. The van der Waals surface area contributed by atoms with Crippen LogP contribution in [0.1, 0.15) is 33.6 Å². The highest BCUT2D eigenvalue weighted by molar-refractivity contribution is 9.10. The Morgan fingerprint density at radius 3 is 2.69 bits per heavy atom. The minimum atomic E-state index is 0.373. The molecule has 0 amide bonds. The van der Waals surface area contributed by atoms with Crippen LogP contribution in [0.5, 0.6) is 0 Å². The normalized spacial score (nSPS) is 12.1. The van der Waals surface area contributed by atoms with Crippen molar-refractivity contribution in [3.05, 3.63) is 46.0 Å². The van der Waals surface area contributed by atoms with E-state index >= 15 is 0 Å². The van der Waals surface area contributed by atoms with Gasteiger partial charge in [-0.2, -0.15) is 9.61 Å². The molecular formula is C22H29BrClN5. The van der Waals surface area contributed by atoms with E-state index in [4.69, 9.17) is 16.6 Å². The topological polar surface area (TPSA) is 45.5 Å². The van der Waals surface area contributed by atoms with Crippen LogP contribution in [-0.4, -0.2) is 46.2 Å². The molecule has 0 aliphatic rings. The van der Waals surface area contributed by atoms with Crippen molar-refractivity contribution in [2.24, 2.45) is 5.41 Å². The number of nitrogens with one attached hydrogen (secondary N) is 1. The average Bonchev–Trinajstić information content (AvgIpc) is 3.04. The van der Waals surface area contributed by atoms with Crippen molar-refractivity contribution in [1.29, 1.82) is 0 Å². The zero-order chi connectivity index (χ0) is 21.0. The molecule has 0 saturated carbocycles. The standard InChI is InChI=1S/C22H29BrClN5/c1-22(2,3)10-13-28(4)12-7-11-25-20-14-19(16-8-5-6-9-18(16)24)27-21-17(23)15-26-29(20)21/h5-6,8-9,14-15,25H,7,10-13H2,1-4H3. The molecule has 0 saturated heterocycles. The quantitative estimate of drug-likeness (QED) is 0.404. The molecule has 0 fully saturated rings. The molecular weight excluding hydrogens is 450 g/mol. The van der Waals surface area contributed by atoms with Crippen LogP contribution in [0.25, 0.3) is 16.9 Å². The summed E-state index contributed by atoms with van der Waals surface area (Å²) in [6, 6.07) is 9.78. The summed E-state index contributed by atoms with van der Waals surface area (Å²) in [5.74, 6) is 0.910. The van der Waals surface area contributed by atoms with Gasteiger partial charge < -0.3 is 10.2 Å². The fraction of sp³-hybridized carbons (Fsp3) is 0.455. The third kappa shape index (κ3) is 5.93. The summed E-state index contributed by atoms with van der Waals surface area (Å²) in [7, 11) is 2.19. The van der Waals surface area contributed by atoms with Crippen LogP contribution in [0.4, 0.5) is 5.82 Å². The Kier molecular flexibility index (Phi) is 7.19. The molecule has 2 heterocycles. The van der Waals surface area contributed by atoms with E-state index in [9.17, 15) is 0 Å². The van der Waals surface area contributed by atoms with E-state index in [0.717, 1.165) is 53.3 Å². The van der Waals surface area contributed by atoms with Gasteiger partial charge in [-0.3, -0.25) is 0 Å². The highest BCUT2D eigenvalue weighted by Crippen LogP contribution is 2.30. The third-order valence-corrected chi connectivity index (χ3v) is 5.73. The molecule has 0 spiro atoms. The minimum Gasteiger partial charge on any atom is -0.370 e. The molecule has 3 rings (SSSR count). The Labute approximate surface area is 186 Å². The van der Waals surface area contributed by atoms with Crippen LogP contribution in [0, 0.1) is 5.41 Å². The monoisotopic (exact) mass is 477 g/mol. The lowest BCUT2D eigenvalue weighted by atomic mass is 9.92. The maximum absolute atomic E-state index is 6.40. The zero-order valence-corrected chi connectivity index (χ0v) is 19.9. The number of benzene rings is 1. The molecule has 0 bridgehead atoms. The minimum absolute atomic E-state index is 0.373. The summed E-state index contributed by atoms with van der Waals surface area (Å²) in [5.41, 5.74) is 2.88. The lowest BCUT2D eigenvalue weighted by Crippen LogP contribution is -2.26. The number of fused-ring (bicyclic) bond motifs is 1. The predicted octanol–water partition coefficient (Wildman–Crippen LogP) is 5.98. The van der Waals surface area contributed by atoms with Crippen molar-refractivity contribution >= 4 is 39.0 Å². The van der Waals surface area contributed by atoms with Gasteiger partial charge in [0.25, 0.3) is 0 Å². The average molecular weight is 479 g/mol. The molecule has 2 aromatic heterocycles. The molecule has 29 heavy (non-hydrogen) atoms. The number of halogens is 2. The molecule has 0 aliphatic heterocycles. The van der Waals surface area contributed by atoms with Crippen LogP contribution in [0.15, 0.2) is 41.0 Å². The Hall–Kier alpha value is -1.63. The first-order chi connectivity index (χ1) is 13.7. The zero-order valence-electron chi connectivity index (χ0n) is 17.5. The number of hydrogen-bond donors (Lipinski definition) is 1. The van der Waals surface area contributed by atoms with Gasteiger partial charge in [-0.15, -0.1) is 0 Å². The number of aromatic nitrogens is 3. The highest BCUT2D eigenvalue weighted by atomic mass is 79.9. The van der Waals surface area contributed by atoms with Crippen molar-refractivity contribution < 1.29 is 0 Å². The van der Waals surface area contributed by atoms with Crippen LogP contribution in [0.3, 0.4) is 0 Å². The van der Waals surface area contributed by atoms with Crippen LogP contribution in [0.2, 0.25) is 5.02 Å². The van der Waals surface area contributed by atoms with E-state index in [1.807, 2.05) is 34.8 Å². The molecule has 0 atom stereocenters. The molecule has 5 nitrogen and oxygen atoms in total. The smallest absolute Gasteiger partial charge is 0.172 e. The predicted molar refractivity (Wildman–Crippen MR) is 126 cm³/mol. The summed E-state index contributed by atoms with van der Waals surface area (Å²) in [4.78, 5) is 7.15. The summed E-state index contributed by atoms with van der Waals surface area (Å²) in [6.45, 7) is 9.89. The van der Waals surface area contributed by atoms with Gasteiger partial charge in [0.15, 0.2) is 5.65 Å². The van der Waals surface area contributed by atoms with E-state index in [2.05, 4.69) is 59.1 Å². The Morgan fingerprint density at radius 1 is 1.21 bits per heavy atom. The van der Waals surface area contributed by atoms with Crippen LogP contribution < -0.4 is 5.32 Å². The Balaban J connectivity index is 1.70. The first-order valence-corrected chi connectivity index (χ1v) is 11.1. The molecule has 0 aliphatic carbocycles. The number of anilines is 1. The third-order valence-electron chi connectivity index (χ3n) is 4.84. The van der Waals surface area contributed by atoms with Gasteiger partial charge in [0.05, 0.1) is 16.4 Å². The van der Waals surface area contributed by atoms with Gasteiger partial charge in [-0.25, -0.2) is 4.98 Å². The lowest BCUT2D eigenvalue weighted by Gasteiger charge is -2.23. The van der Waals surface area contributed by atoms with Crippen molar-refractivity contribution in [2.75, 3.05) is 32.0 Å². The maximum Gasteiger partial charge on any atom is 0.172 e. The summed E-state index contributed by atoms with van der Waals surface area (Å²) < 4.78 is 2.68. The Morgan fingerprint density at radius 2 is 1.97 bits per heavy atom. The number of rotatable bonds is 8. The molecule has 0 unspecified atom stereocenters. The highest BCUT2D eigenvalue weighted by Gasteiger charge is 2.14. The van der Waals surface area contributed by atoms with Gasteiger partial charge >= 0.3 is 0 Å². The van der Waals surface area contributed by atoms with E-state index in [0.29, 0.717) is 10.4 Å². The fourth-order valence-electron chi connectivity index (χ4n) is 3.07. The van der Waals surface area contributed by atoms with E-state index in [1.54, 1.807) is 6.20 Å². The first kappa shape index (κ1) is 22.1. The fourth-order valence-corrected chi connectivity index (χ4v) is 3.65. The largest absolute Gasteiger partial charge is 0.370 e. The van der Waals surface area contributed by atoms with Crippen molar-refractivity contribution in [3.8, 4) is 11.3 Å². The first-order valence-electron chi connectivity index (χ1n) is 9.96. The van der Waals surface area contributed by atoms with Crippen molar-refractivity contribution in [3.63, 3.8) is 0 Å². The SMILES string of the molecule is CN(CCCNc1cc(-c2ccccc2Cl)nc2c(Br)cnn12)CCC(C)(C)C. The molecule has 1 N–H and O–H groups in total. The van der Waals surface area contributed by atoms with E-state index < -0.39 is 0 Å². The lowest BCUT2D eigenvalue weighted by molar-refractivity contribution is 0.264. The maximum atomic E-state index is 6.40. The molecule has 3 aromatic rings. The number of nitrogens with zero attached hydrogens (tertiary/aromatic N) is 4. The van der Waals surface area contributed by atoms with Gasteiger partial charge in [-0.05, 0) is 60.4 Å². The van der Waals surface area contributed by atoms with E-state index in [-0.39, 0.29) is 0 Å². The molecule has 156 valence electrons. The second-order valence-electron chi connectivity index (χ2n) is 8.63. The summed E-state index contributed by atoms with van der Waals surface area (Å²) >= 11 is 9.95. The van der Waals surface area contributed by atoms with Crippen LogP contribution in [-0.2, 0) is 0 Å². The number of hydrogen-bond acceptors (Lipinski definition) is 4. The second-order valence-corrected chi connectivity index (χ2v) is 9.89. The second kappa shape index (κ2) is 9.45. The van der Waals surface area contributed by atoms with Gasteiger partial charge in [0.1, 0.15) is 5.82 Å². The van der Waals surface area contributed by atoms with Gasteiger partial charge in [-0.1, -0.05) is 50.6 Å². The molecule has 0 radical (unpaired) electrons. The van der Waals surface area contributed by atoms with Gasteiger partial charge in [0, 0.05) is 23.2 Å². The van der Waals surface area contributed by atoms with E-state index in [1.165, 1.54) is 6.42 Å². The molecule has 1 aromatic carbocycles. The van der Waals surface area contributed by atoms with Crippen molar-refractivity contribution in [2.45, 2.75) is 33.6 Å². The van der Waals surface area contributed by atoms with Crippen LogP contribution >= 0.6 is 27.5 Å². The summed E-state index contributed by atoms with van der Waals surface area (Å²) in [5, 5.41) is 8.66. The van der Waals surface area contributed by atoms with Crippen molar-refractivity contribution in [1.82, 2.24) is 19.5 Å². The molecule has 7 heteroatoms.